The Labute approximate surface area is 109 Å². The van der Waals surface area contributed by atoms with Crippen LogP contribution in [0, 0.1) is 11.3 Å². The Bertz CT molecular complexity index is 471. The third kappa shape index (κ3) is 3.84. The lowest BCUT2D eigenvalue weighted by atomic mass is 9.74. The molecule has 19 heavy (non-hydrogen) atoms. The fourth-order valence-electron chi connectivity index (χ4n) is 1.88. The van der Waals surface area contributed by atoms with Crippen LogP contribution in [-0.2, 0) is 14.3 Å². The van der Waals surface area contributed by atoms with Crippen molar-refractivity contribution in [2.45, 2.75) is 45.5 Å². The highest BCUT2D eigenvalue weighted by atomic mass is 32.2. The SMILES string of the molecule is CC(C)(C)C1CCC(OS(=O)(=O)C(F)(F)F)=C(F)C1. The Hall–Kier alpha value is -0.790. The van der Waals surface area contributed by atoms with Crippen LogP contribution in [0.15, 0.2) is 11.6 Å². The monoisotopic (exact) mass is 304 g/mol. The Morgan fingerprint density at radius 1 is 1.21 bits per heavy atom. The summed E-state index contributed by atoms with van der Waals surface area (Å²) in [6, 6.07) is 0. The van der Waals surface area contributed by atoms with Crippen LogP contribution < -0.4 is 0 Å². The maximum absolute atomic E-state index is 13.7. The molecule has 112 valence electrons. The van der Waals surface area contributed by atoms with Gasteiger partial charge in [0.15, 0.2) is 5.76 Å². The molecule has 1 atom stereocenters. The molecule has 0 saturated carbocycles. The van der Waals surface area contributed by atoms with Gasteiger partial charge in [0.25, 0.3) is 0 Å². The summed E-state index contributed by atoms with van der Waals surface area (Å²) in [5, 5.41) is 0. The average Bonchev–Trinajstić information content (AvgIpc) is 2.17. The topological polar surface area (TPSA) is 43.4 Å². The standard InChI is InChI=1S/C11H16F4O3S/c1-10(2,3)7-4-5-9(8(12)6-7)18-19(16,17)11(13,14)15/h7H,4-6H2,1-3H3. The molecule has 3 nitrogen and oxygen atoms in total. The zero-order valence-electron chi connectivity index (χ0n) is 10.8. The predicted molar refractivity (Wildman–Crippen MR) is 61.0 cm³/mol. The van der Waals surface area contributed by atoms with E-state index in [0.29, 0.717) is 6.42 Å². The van der Waals surface area contributed by atoms with Crippen LogP contribution in [0.5, 0.6) is 0 Å². The second-order valence-corrected chi connectivity index (χ2v) is 7.15. The maximum Gasteiger partial charge on any atom is 0.534 e. The molecule has 0 aromatic heterocycles. The van der Waals surface area contributed by atoms with Gasteiger partial charge in [0, 0.05) is 12.8 Å². The number of hydrogen-bond donors (Lipinski definition) is 0. The molecule has 1 aliphatic carbocycles. The first-order chi connectivity index (χ1) is 8.34. The molecule has 0 N–H and O–H groups in total. The molecule has 0 fully saturated rings. The third-order valence-corrected chi connectivity index (χ3v) is 4.15. The van der Waals surface area contributed by atoms with Gasteiger partial charge in [-0.05, 0) is 17.8 Å². The van der Waals surface area contributed by atoms with Crippen molar-refractivity contribution in [2.75, 3.05) is 0 Å². The molecule has 1 rings (SSSR count). The largest absolute Gasteiger partial charge is 0.534 e. The summed E-state index contributed by atoms with van der Waals surface area (Å²) in [6.45, 7) is 5.68. The third-order valence-electron chi connectivity index (χ3n) is 3.17. The first-order valence-corrected chi connectivity index (χ1v) is 7.13. The number of rotatable bonds is 2. The summed E-state index contributed by atoms with van der Waals surface area (Å²) in [5.41, 5.74) is -5.74. The van der Waals surface area contributed by atoms with E-state index in [4.69, 9.17) is 0 Å². The van der Waals surface area contributed by atoms with E-state index in [0.717, 1.165) is 0 Å². The summed E-state index contributed by atoms with van der Waals surface area (Å²) in [7, 11) is -5.78. The van der Waals surface area contributed by atoms with Crippen molar-refractivity contribution in [3.05, 3.63) is 11.6 Å². The van der Waals surface area contributed by atoms with Crippen LogP contribution in [0.25, 0.3) is 0 Å². The van der Waals surface area contributed by atoms with Gasteiger partial charge in [0.2, 0.25) is 0 Å². The smallest absolute Gasteiger partial charge is 0.378 e. The molecule has 0 aromatic carbocycles. The molecule has 0 aromatic rings. The van der Waals surface area contributed by atoms with E-state index < -0.39 is 27.2 Å². The van der Waals surface area contributed by atoms with Crippen LogP contribution in [-0.4, -0.2) is 13.9 Å². The molecule has 0 heterocycles. The second-order valence-electron chi connectivity index (χ2n) is 5.62. The first-order valence-electron chi connectivity index (χ1n) is 5.73. The van der Waals surface area contributed by atoms with E-state index >= 15 is 0 Å². The number of hydrogen-bond acceptors (Lipinski definition) is 3. The van der Waals surface area contributed by atoms with Crippen molar-refractivity contribution in [1.29, 1.82) is 0 Å². The second kappa shape index (κ2) is 4.96. The minimum atomic E-state index is -5.78. The molecule has 8 heteroatoms. The quantitative estimate of drug-likeness (QED) is 0.442. The van der Waals surface area contributed by atoms with E-state index in [9.17, 15) is 26.0 Å². The average molecular weight is 304 g/mol. The van der Waals surface area contributed by atoms with Crippen molar-refractivity contribution in [3.8, 4) is 0 Å². The van der Waals surface area contributed by atoms with Gasteiger partial charge in [0.05, 0.1) is 0 Å². The molecule has 1 unspecified atom stereocenters. The van der Waals surface area contributed by atoms with E-state index in [-0.39, 0.29) is 24.2 Å². The van der Waals surface area contributed by atoms with Gasteiger partial charge in [0.1, 0.15) is 5.83 Å². The lowest BCUT2D eigenvalue weighted by Gasteiger charge is -2.33. The lowest BCUT2D eigenvalue weighted by Crippen LogP contribution is -2.28. The Morgan fingerprint density at radius 2 is 1.74 bits per heavy atom. The molecule has 1 aliphatic rings. The zero-order chi connectivity index (χ0) is 15.1. The first kappa shape index (κ1) is 16.3. The number of allylic oxidation sites excluding steroid dienone is 2. The Balaban J connectivity index is 2.89. The van der Waals surface area contributed by atoms with Gasteiger partial charge < -0.3 is 4.18 Å². The van der Waals surface area contributed by atoms with Crippen LogP contribution in [0.3, 0.4) is 0 Å². The van der Waals surface area contributed by atoms with Gasteiger partial charge in [-0.2, -0.15) is 21.6 Å². The van der Waals surface area contributed by atoms with Gasteiger partial charge in [-0.15, -0.1) is 0 Å². The fourth-order valence-corrected chi connectivity index (χ4v) is 2.41. The molecule has 0 bridgehead atoms. The summed E-state index contributed by atoms with van der Waals surface area (Å²) in [4.78, 5) is 0. The molecular weight excluding hydrogens is 288 g/mol. The molecular formula is C11H16F4O3S. The van der Waals surface area contributed by atoms with Gasteiger partial charge in [-0.25, -0.2) is 4.39 Å². The van der Waals surface area contributed by atoms with E-state index in [1.54, 1.807) is 0 Å². The zero-order valence-corrected chi connectivity index (χ0v) is 11.7. The molecule has 0 saturated heterocycles. The van der Waals surface area contributed by atoms with Crippen LogP contribution >= 0.6 is 0 Å². The normalized spacial score (nSPS) is 22.6. The predicted octanol–water partition coefficient (Wildman–Crippen LogP) is 3.88. The molecule has 0 aliphatic heterocycles. The van der Waals surface area contributed by atoms with Gasteiger partial charge in [-0.3, -0.25) is 0 Å². The number of halogens is 4. The van der Waals surface area contributed by atoms with Crippen LogP contribution in [0.2, 0.25) is 0 Å². The molecule has 0 spiro atoms. The minimum Gasteiger partial charge on any atom is -0.378 e. The van der Waals surface area contributed by atoms with Crippen molar-refractivity contribution in [3.63, 3.8) is 0 Å². The van der Waals surface area contributed by atoms with Gasteiger partial charge in [-0.1, -0.05) is 20.8 Å². The molecule has 0 radical (unpaired) electrons. The summed E-state index contributed by atoms with van der Waals surface area (Å²) in [6.07, 6.45) is 0.134. The highest BCUT2D eigenvalue weighted by molar-refractivity contribution is 7.87. The lowest BCUT2D eigenvalue weighted by molar-refractivity contribution is -0.0527. The Kier molecular flexibility index (Phi) is 4.24. The van der Waals surface area contributed by atoms with E-state index in [2.05, 4.69) is 4.18 Å². The van der Waals surface area contributed by atoms with Crippen LogP contribution in [0.1, 0.15) is 40.0 Å². The summed E-state index contributed by atoms with van der Waals surface area (Å²) < 4.78 is 75.5. The minimum absolute atomic E-state index is 0.0616. The number of alkyl halides is 3. The van der Waals surface area contributed by atoms with Crippen molar-refractivity contribution in [1.82, 2.24) is 0 Å². The highest BCUT2D eigenvalue weighted by Gasteiger charge is 2.49. The van der Waals surface area contributed by atoms with E-state index in [1.807, 2.05) is 20.8 Å². The maximum atomic E-state index is 13.7. The summed E-state index contributed by atoms with van der Waals surface area (Å²) >= 11 is 0. The van der Waals surface area contributed by atoms with Crippen LogP contribution in [0.4, 0.5) is 17.6 Å². The van der Waals surface area contributed by atoms with Gasteiger partial charge >= 0.3 is 15.6 Å². The molecule has 0 amide bonds. The summed E-state index contributed by atoms with van der Waals surface area (Å²) in [5.74, 6) is -1.70. The fraction of sp³-hybridized carbons (Fsp3) is 0.818. The van der Waals surface area contributed by atoms with Crippen molar-refractivity contribution < 1.29 is 30.2 Å². The van der Waals surface area contributed by atoms with E-state index in [1.165, 1.54) is 0 Å². The highest BCUT2D eigenvalue weighted by Crippen LogP contribution is 2.42. The Morgan fingerprint density at radius 3 is 2.11 bits per heavy atom. The van der Waals surface area contributed by atoms with Crippen molar-refractivity contribution >= 4 is 10.1 Å². The van der Waals surface area contributed by atoms with Crippen molar-refractivity contribution in [2.24, 2.45) is 11.3 Å².